The van der Waals surface area contributed by atoms with E-state index in [1.807, 2.05) is 6.92 Å². The highest BCUT2D eigenvalue weighted by molar-refractivity contribution is 6.08. The number of amides is 1. The van der Waals surface area contributed by atoms with Gasteiger partial charge in [0.05, 0.1) is 25.5 Å². The number of benzene rings is 1. The van der Waals surface area contributed by atoms with E-state index in [4.69, 9.17) is 15.2 Å². The minimum absolute atomic E-state index is 0.311. The van der Waals surface area contributed by atoms with Gasteiger partial charge in [-0.3, -0.25) is 9.78 Å². The van der Waals surface area contributed by atoms with Crippen molar-refractivity contribution in [3.05, 3.63) is 41.7 Å². The molecule has 110 valence electrons. The van der Waals surface area contributed by atoms with Crippen molar-refractivity contribution in [2.24, 2.45) is 0 Å². The number of pyridine rings is 1. The van der Waals surface area contributed by atoms with E-state index in [-0.39, 0.29) is 5.91 Å². The Balaban J connectivity index is 2.30. The van der Waals surface area contributed by atoms with Crippen molar-refractivity contribution >= 4 is 17.3 Å². The van der Waals surface area contributed by atoms with E-state index in [2.05, 4.69) is 10.3 Å². The first-order valence-electron chi connectivity index (χ1n) is 6.30. The van der Waals surface area contributed by atoms with Crippen LogP contribution in [0.2, 0.25) is 0 Å². The number of anilines is 2. The molecule has 3 N–H and O–H groups in total. The molecule has 0 aliphatic rings. The largest absolute Gasteiger partial charge is 0.497 e. The van der Waals surface area contributed by atoms with E-state index in [1.54, 1.807) is 31.4 Å². The van der Waals surface area contributed by atoms with Crippen LogP contribution in [0, 0.1) is 6.92 Å². The van der Waals surface area contributed by atoms with Crippen LogP contribution in [-0.4, -0.2) is 25.1 Å². The van der Waals surface area contributed by atoms with Crippen molar-refractivity contribution in [3.63, 3.8) is 0 Å². The maximum absolute atomic E-state index is 12.3. The fourth-order valence-corrected chi connectivity index (χ4v) is 1.87. The number of nitrogens with one attached hydrogen (secondary N) is 1. The predicted molar refractivity (Wildman–Crippen MR) is 80.9 cm³/mol. The molecule has 0 bridgehead atoms. The second-order valence-electron chi connectivity index (χ2n) is 4.43. The summed E-state index contributed by atoms with van der Waals surface area (Å²) in [5.74, 6) is 0.787. The van der Waals surface area contributed by atoms with Crippen LogP contribution in [0.5, 0.6) is 11.5 Å². The highest BCUT2D eigenvalue weighted by Crippen LogP contribution is 2.29. The van der Waals surface area contributed by atoms with Crippen molar-refractivity contribution in [2.45, 2.75) is 6.92 Å². The van der Waals surface area contributed by atoms with Gasteiger partial charge in [0.1, 0.15) is 11.5 Å². The third-order valence-corrected chi connectivity index (χ3v) is 2.97. The van der Waals surface area contributed by atoms with Gasteiger partial charge in [0, 0.05) is 23.6 Å². The Morgan fingerprint density at radius 2 is 2.00 bits per heavy atom. The van der Waals surface area contributed by atoms with Crippen LogP contribution in [0.4, 0.5) is 11.4 Å². The second kappa shape index (κ2) is 6.13. The van der Waals surface area contributed by atoms with Crippen LogP contribution in [0.3, 0.4) is 0 Å². The van der Waals surface area contributed by atoms with Crippen LogP contribution in [-0.2, 0) is 0 Å². The molecule has 1 amide bonds. The monoisotopic (exact) mass is 287 g/mol. The normalized spacial score (nSPS) is 10.0. The number of carbonyl (C=O) groups is 1. The molecule has 6 heteroatoms. The molecule has 0 saturated carbocycles. The first-order chi connectivity index (χ1) is 10.0. The quantitative estimate of drug-likeness (QED) is 0.900. The first-order valence-corrected chi connectivity index (χ1v) is 6.30. The zero-order valence-corrected chi connectivity index (χ0v) is 12.1. The Kier molecular flexibility index (Phi) is 4.27. The highest BCUT2D eigenvalue weighted by Gasteiger charge is 2.14. The Labute approximate surface area is 122 Å². The van der Waals surface area contributed by atoms with E-state index in [9.17, 15) is 4.79 Å². The minimum atomic E-state index is -0.355. The number of rotatable bonds is 4. The first kappa shape index (κ1) is 14.6. The number of ether oxygens (including phenoxy) is 2. The number of hydrogen-bond acceptors (Lipinski definition) is 5. The van der Waals surface area contributed by atoms with Gasteiger partial charge in [0.25, 0.3) is 5.91 Å². The molecule has 0 saturated heterocycles. The third kappa shape index (κ3) is 3.22. The van der Waals surface area contributed by atoms with Crippen molar-refractivity contribution in [1.82, 2.24) is 4.98 Å². The maximum Gasteiger partial charge on any atom is 0.259 e. The molecule has 1 aromatic carbocycles. The number of aryl methyl sites for hydroxylation is 1. The van der Waals surface area contributed by atoms with Gasteiger partial charge in [-0.05, 0) is 25.1 Å². The third-order valence-electron chi connectivity index (χ3n) is 2.97. The Bertz CT molecular complexity index is 671. The molecule has 6 nitrogen and oxygen atoms in total. The van der Waals surface area contributed by atoms with Crippen molar-refractivity contribution in [1.29, 1.82) is 0 Å². The summed E-state index contributed by atoms with van der Waals surface area (Å²) in [4.78, 5) is 16.4. The van der Waals surface area contributed by atoms with E-state index >= 15 is 0 Å². The lowest BCUT2D eigenvalue weighted by atomic mass is 10.2. The number of carbonyl (C=O) groups excluding carboxylic acids is 1. The van der Waals surface area contributed by atoms with Gasteiger partial charge in [-0.25, -0.2) is 0 Å². The summed E-state index contributed by atoms with van der Waals surface area (Å²) in [6.45, 7) is 1.81. The van der Waals surface area contributed by atoms with E-state index < -0.39 is 0 Å². The summed E-state index contributed by atoms with van der Waals surface area (Å²) < 4.78 is 10.4. The van der Waals surface area contributed by atoms with Crippen LogP contribution >= 0.6 is 0 Å². The van der Waals surface area contributed by atoms with Gasteiger partial charge in [-0.1, -0.05) is 0 Å². The van der Waals surface area contributed by atoms with Gasteiger partial charge >= 0.3 is 0 Å². The molecule has 0 aliphatic heterocycles. The van der Waals surface area contributed by atoms with Crippen LogP contribution in [0.25, 0.3) is 0 Å². The van der Waals surface area contributed by atoms with Crippen LogP contribution in [0.1, 0.15) is 16.1 Å². The molecule has 1 aromatic heterocycles. The predicted octanol–water partition coefficient (Wildman–Crippen LogP) is 2.24. The van der Waals surface area contributed by atoms with E-state index in [1.165, 1.54) is 13.3 Å². The number of aromatic nitrogens is 1. The molecule has 0 radical (unpaired) electrons. The van der Waals surface area contributed by atoms with Crippen LogP contribution in [0.15, 0.2) is 30.5 Å². The Morgan fingerprint density at radius 1 is 1.24 bits per heavy atom. The molecule has 2 aromatic rings. The number of nitrogens with zero attached hydrogens (tertiary/aromatic N) is 1. The summed E-state index contributed by atoms with van der Waals surface area (Å²) in [6.07, 6.45) is 1.45. The summed E-state index contributed by atoms with van der Waals surface area (Å²) in [6, 6.07) is 6.79. The number of nitrogen functional groups attached to an aromatic ring is 1. The lowest BCUT2D eigenvalue weighted by molar-refractivity contribution is 0.102. The van der Waals surface area contributed by atoms with Gasteiger partial charge in [0.2, 0.25) is 0 Å². The van der Waals surface area contributed by atoms with Gasteiger partial charge < -0.3 is 20.5 Å². The maximum atomic E-state index is 12.3. The Morgan fingerprint density at radius 3 is 2.62 bits per heavy atom. The van der Waals surface area contributed by atoms with E-state index in [0.717, 1.165) is 5.69 Å². The SMILES string of the molecule is COc1ccc(OC)c(NC(=O)c2cnc(C)cc2N)c1. The average Bonchev–Trinajstić information content (AvgIpc) is 2.46. The summed E-state index contributed by atoms with van der Waals surface area (Å²) in [5.41, 5.74) is 7.79. The fourth-order valence-electron chi connectivity index (χ4n) is 1.87. The average molecular weight is 287 g/mol. The molecule has 2 rings (SSSR count). The molecule has 0 unspecified atom stereocenters. The van der Waals surface area contributed by atoms with Crippen molar-refractivity contribution < 1.29 is 14.3 Å². The second-order valence-corrected chi connectivity index (χ2v) is 4.43. The smallest absolute Gasteiger partial charge is 0.259 e. The summed E-state index contributed by atoms with van der Waals surface area (Å²) in [7, 11) is 3.08. The topological polar surface area (TPSA) is 86.5 Å². The number of nitrogens with two attached hydrogens (primary N) is 1. The molecule has 1 heterocycles. The molecule has 0 atom stereocenters. The highest BCUT2D eigenvalue weighted by atomic mass is 16.5. The van der Waals surface area contributed by atoms with Gasteiger partial charge in [-0.15, -0.1) is 0 Å². The summed E-state index contributed by atoms with van der Waals surface area (Å²) >= 11 is 0. The molecule has 0 fully saturated rings. The zero-order valence-electron chi connectivity index (χ0n) is 12.1. The van der Waals surface area contributed by atoms with Gasteiger partial charge in [0.15, 0.2) is 0 Å². The Hall–Kier alpha value is -2.76. The number of hydrogen-bond donors (Lipinski definition) is 2. The summed E-state index contributed by atoms with van der Waals surface area (Å²) in [5, 5.41) is 2.75. The lowest BCUT2D eigenvalue weighted by Crippen LogP contribution is -2.15. The van der Waals surface area contributed by atoms with Gasteiger partial charge in [-0.2, -0.15) is 0 Å². The van der Waals surface area contributed by atoms with Crippen molar-refractivity contribution in [3.8, 4) is 11.5 Å². The molecule has 0 aliphatic carbocycles. The zero-order chi connectivity index (χ0) is 15.4. The van der Waals surface area contributed by atoms with E-state index in [0.29, 0.717) is 28.4 Å². The molecule has 0 spiro atoms. The fraction of sp³-hybridized carbons (Fsp3) is 0.200. The molecular weight excluding hydrogens is 270 g/mol. The standard InChI is InChI=1S/C15H17N3O3/c1-9-6-12(16)11(8-17-9)15(19)18-13-7-10(20-2)4-5-14(13)21-3/h4-8H,1-3H3,(H2,16,17)(H,18,19). The molecular formula is C15H17N3O3. The lowest BCUT2D eigenvalue weighted by Gasteiger charge is -2.12. The van der Waals surface area contributed by atoms with Crippen molar-refractivity contribution in [2.75, 3.05) is 25.3 Å². The number of methoxy groups -OCH3 is 2. The molecule has 21 heavy (non-hydrogen) atoms. The van der Waals surface area contributed by atoms with Crippen LogP contribution < -0.4 is 20.5 Å². The minimum Gasteiger partial charge on any atom is -0.497 e.